The van der Waals surface area contributed by atoms with Crippen LogP contribution in [0.25, 0.3) is 60.6 Å². The highest BCUT2D eigenvalue weighted by Crippen LogP contribution is 2.37. The predicted octanol–water partition coefficient (Wildman–Crippen LogP) is 8.66. The van der Waals surface area contributed by atoms with Crippen LogP contribution in [0.15, 0.2) is 114 Å². The van der Waals surface area contributed by atoms with Gasteiger partial charge in [0.15, 0.2) is 0 Å². The minimum Gasteiger partial charge on any atom is -0.456 e. The van der Waals surface area contributed by atoms with Crippen LogP contribution in [0.4, 0.5) is 0 Å². The number of rotatable bonds is 2. The minimum absolute atomic E-state index is 0.926. The van der Waals surface area contributed by atoms with Crippen molar-refractivity contribution in [1.29, 1.82) is 0 Å². The lowest BCUT2D eigenvalue weighted by atomic mass is 10.0. The summed E-state index contributed by atoms with van der Waals surface area (Å²) in [6, 6.07) is 38.8. The van der Waals surface area contributed by atoms with E-state index in [0.717, 1.165) is 22.2 Å². The van der Waals surface area contributed by atoms with Crippen molar-refractivity contribution in [3.63, 3.8) is 0 Å². The molecule has 0 saturated carbocycles. The molecule has 2 aromatic heterocycles. The smallest absolute Gasteiger partial charge is 0.135 e. The standard InChI is InChI=1S/C31H21NO/c1-20-8-7-13-30-31(20)26-19-23(15-17-29(26)33-30)32-27-12-6-5-11-24(27)25-18-22(14-16-28(25)32)21-9-3-2-4-10-21/h2-19H,1H3. The molecular weight excluding hydrogens is 402 g/mol. The predicted molar refractivity (Wildman–Crippen MR) is 138 cm³/mol. The lowest BCUT2D eigenvalue weighted by Crippen LogP contribution is -1.93. The van der Waals surface area contributed by atoms with Crippen molar-refractivity contribution in [2.45, 2.75) is 6.92 Å². The zero-order valence-corrected chi connectivity index (χ0v) is 18.2. The van der Waals surface area contributed by atoms with Crippen molar-refractivity contribution in [3.8, 4) is 16.8 Å². The second-order valence-corrected chi connectivity index (χ2v) is 8.68. The summed E-state index contributed by atoms with van der Waals surface area (Å²) >= 11 is 0. The Morgan fingerprint density at radius 2 is 1.36 bits per heavy atom. The van der Waals surface area contributed by atoms with E-state index in [4.69, 9.17) is 4.42 Å². The number of aryl methyl sites for hydroxylation is 1. The van der Waals surface area contributed by atoms with E-state index in [1.165, 1.54) is 43.9 Å². The first-order chi connectivity index (χ1) is 16.3. The summed E-state index contributed by atoms with van der Waals surface area (Å²) < 4.78 is 8.51. The van der Waals surface area contributed by atoms with Crippen molar-refractivity contribution in [3.05, 3.63) is 115 Å². The zero-order valence-electron chi connectivity index (χ0n) is 18.2. The van der Waals surface area contributed by atoms with E-state index >= 15 is 0 Å². The van der Waals surface area contributed by atoms with E-state index in [9.17, 15) is 0 Å². The zero-order chi connectivity index (χ0) is 21.9. The van der Waals surface area contributed by atoms with Gasteiger partial charge < -0.3 is 8.98 Å². The van der Waals surface area contributed by atoms with Crippen LogP contribution in [0.3, 0.4) is 0 Å². The van der Waals surface area contributed by atoms with Gasteiger partial charge in [0, 0.05) is 27.2 Å². The van der Waals surface area contributed by atoms with Crippen molar-refractivity contribution in [1.82, 2.24) is 4.57 Å². The number of furan rings is 1. The maximum atomic E-state index is 6.14. The van der Waals surface area contributed by atoms with Crippen LogP contribution in [0.5, 0.6) is 0 Å². The first kappa shape index (κ1) is 18.3. The molecule has 5 aromatic carbocycles. The van der Waals surface area contributed by atoms with Crippen LogP contribution in [-0.2, 0) is 0 Å². The van der Waals surface area contributed by atoms with E-state index in [-0.39, 0.29) is 0 Å². The molecule has 0 aliphatic rings. The summed E-state index contributed by atoms with van der Waals surface area (Å²) in [5, 5.41) is 4.88. The molecule has 0 aliphatic heterocycles. The summed E-state index contributed by atoms with van der Waals surface area (Å²) in [5.41, 5.74) is 9.13. The monoisotopic (exact) mass is 423 g/mol. The number of benzene rings is 5. The van der Waals surface area contributed by atoms with Crippen molar-refractivity contribution in [2.75, 3.05) is 0 Å². The Hall–Kier alpha value is -4.30. The number of nitrogens with zero attached hydrogens (tertiary/aromatic N) is 1. The van der Waals surface area contributed by atoms with Gasteiger partial charge >= 0.3 is 0 Å². The molecule has 0 saturated heterocycles. The molecule has 33 heavy (non-hydrogen) atoms. The highest BCUT2D eigenvalue weighted by atomic mass is 16.3. The average Bonchev–Trinajstić information content (AvgIpc) is 3.40. The molecule has 0 radical (unpaired) electrons. The van der Waals surface area contributed by atoms with Gasteiger partial charge in [-0.2, -0.15) is 0 Å². The highest BCUT2D eigenvalue weighted by molar-refractivity contribution is 6.11. The molecule has 2 heterocycles. The summed E-state index contributed by atoms with van der Waals surface area (Å²) in [5.74, 6) is 0. The summed E-state index contributed by atoms with van der Waals surface area (Å²) in [6.07, 6.45) is 0. The van der Waals surface area contributed by atoms with E-state index in [0.29, 0.717) is 0 Å². The summed E-state index contributed by atoms with van der Waals surface area (Å²) in [6.45, 7) is 2.15. The molecule has 156 valence electrons. The molecule has 0 aliphatic carbocycles. The minimum atomic E-state index is 0.926. The number of para-hydroxylation sites is 1. The largest absolute Gasteiger partial charge is 0.456 e. The molecule has 7 aromatic rings. The van der Waals surface area contributed by atoms with E-state index in [2.05, 4.69) is 115 Å². The number of hydrogen-bond donors (Lipinski definition) is 0. The highest BCUT2D eigenvalue weighted by Gasteiger charge is 2.15. The third-order valence-corrected chi connectivity index (χ3v) is 6.72. The van der Waals surface area contributed by atoms with Crippen LogP contribution < -0.4 is 0 Å². The van der Waals surface area contributed by atoms with Crippen LogP contribution in [-0.4, -0.2) is 4.57 Å². The fourth-order valence-electron chi connectivity index (χ4n) is 5.19. The van der Waals surface area contributed by atoms with Gasteiger partial charge in [0.1, 0.15) is 11.2 Å². The molecule has 0 unspecified atom stereocenters. The first-order valence-electron chi connectivity index (χ1n) is 11.3. The van der Waals surface area contributed by atoms with Crippen molar-refractivity contribution < 1.29 is 4.42 Å². The maximum Gasteiger partial charge on any atom is 0.135 e. The summed E-state index contributed by atoms with van der Waals surface area (Å²) in [4.78, 5) is 0. The molecule has 0 fully saturated rings. The van der Waals surface area contributed by atoms with E-state index < -0.39 is 0 Å². The molecule has 2 nitrogen and oxygen atoms in total. The lowest BCUT2D eigenvalue weighted by Gasteiger charge is -2.09. The van der Waals surface area contributed by atoms with Crippen LogP contribution in [0, 0.1) is 6.92 Å². The maximum absolute atomic E-state index is 6.14. The quantitative estimate of drug-likeness (QED) is 0.272. The van der Waals surface area contributed by atoms with Gasteiger partial charge in [0.2, 0.25) is 0 Å². The second-order valence-electron chi connectivity index (χ2n) is 8.68. The van der Waals surface area contributed by atoms with Crippen molar-refractivity contribution >= 4 is 43.7 Å². The second kappa shape index (κ2) is 6.85. The topological polar surface area (TPSA) is 18.1 Å². The van der Waals surface area contributed by atoms with Crippen LogP contribution >= 0.6 is 0 Å². The van der Waals surface area contributed by atoms with Gasteiger partial charge in [-0.15, -0.1) is 0 Å². The Kier molecular flexibility index (Phi) is 3.80. The Bertz CT molecular complexity index is 1820. The fourth-order valence-corrected chi connectivity index (χ4v) is 5.19. The van der Waals surface area contributed by atoms with Crippen molar-refractivity contribution in [2.24, 2.45) is 0 Å². The first-order valence-corrected chi connectivity index (χ1v) is 11.3. The lowest BCUT2D eigenvalue weighted by molar-refractivity contribution is 0.668. The SMILES string of the molecule is Cc1cccc2oc3ccc(-n4c5ccccc5c5cc(-c6ccccc6)ccc54)cc3c12. The van der Waals surface area contributed by atoms with Gasteiger partial charge in [0.25, 0.3) is 0 Å². The third-order valence-electron chi connectivity index (χ3n) is 6.72. The van der Waals surface area contributed by atoms with Gasteiger partial charge in [-0.1, -0.05) is 66.7 Å². The normalized spacial score (nSPS) is 11.8. The van der Waals surface area contributed by atoms with E-state index in [1.54, 1.807) is 0 Å². The number of hydrogen-bond acceptors (Lipinski definition) is 1. The number of fused-ring (bicyclic) bond motifs is 6. The molecular formula is C31H21NO. The molecule has 0 atom stereocenters. The molecule has 2 heteroatoms. The third kappa shape index (κ3) is 2.68. The summed E-state index contributed by atoms with van der Waals surface area (Å²) in [7, 11) is 0. The molecule has 7 rings (SSSR count). The van der Waals surface area contributed by atoms with Gasteiger partial charge in [-0.3, -0.25) is 0 Å². The molecule has 0 amide bonds. The van der Waals surface area contributed by atoms with E-state index in [1.807, 2.05) is 6.07 Å². The van der Waals surface area contributed by atoms with Gasteiger partial charge in [-0.25, -0.2) is 0 Å². The van der Waals surface area contributed by atoms with Gasteiger partial charge in [0.05, 0.1) is 11.0 Å². The molecule has 0 bridgehead atoms. The molecule has 0 spiro atoms. The number of aromatic nitrogens is 1. The molecule has 0 N–H and O–H groups in total. The Morgan fingerprint density at radius 1 is 0.545 bits per heavy atom. The Balaban J connectivity index is 1.54. The van der Waals surface area contributed by atoms with Gasteiger partial charge in [-0.05, 0) is 66.1 Å². The van der Waals surface area contributed by atoms with Crippen LogP contribution in [0.1, 0.15) is 5.56 Å². The average molecular weight is 424 g/mol. The Labute approximate surface area is 191 Å². The van der Waals surface area contributed by atoms with Crippen LogP contribution in [0.2, 0.25) is 0 Å². The fraction of sp³-hybridized carbons (Fsp3) is 0.0323. The Morgan fingerprint density at radius 3 is 2.27 bits per heavy atom.